The number of hydrogen-bond acceptors (Lipinski definition) is 12. The van der Waals surface area contributed by atoms with Gasteiger partial charge in [-0.1, -0.05) is 20.8 Å². The predicted octanol–water partition coefficient (Wildman–Crippen LogP) is -5.13. The van der Waals surface area contributed by atoms with Crippen molar-refractivity contribution in [2.75, 3.05) is 19.8 Å². The van der Waals surface area contributed by atoms with Crippen molar-refractivity contribution in [2.24, 2.45) is 11.3 Å². The molecule has 0 radical (unpaired) electrons. The maximum atomic E-state index is 9.70. The van der Waals surface area contributed by atoms with E-state index < -0.39 is 29.5 Å². The summed E-state index contributed by atoms with van der Waals surface area (Å²) >= 11 is 0. The van der Waals surface area contributed by atoms with Gasteiger partial charge in [-0.15, -0.1) is 0 Å². The van der Waals surface area contributed by atoms with Crippen molar-refractivity contribution < 1.29 is 63.6 Å². The normalized spacial score (nSPS) is 11.3. The summed E-state index contributed by atoms with van der Waals surface area (Å²) in [5, 5.41) is 34.0. The minimum absolute atomic E-state index is 0.156. The van der Waals surface area contributed by atoms with Crippen molar-refractivity contribution in [1.29, 1.82) is 0 Å². The number of carbonyl (C=O) groups is 1. The van der Waals surface area contributed by atoms with Crippen LogP contribution in [0.1, 0.15) is 27.2 Å². The summed E-state index contributed by atoms with van der Waals surface area (Å²) in [6.07, 6.45) is 0.594. The fourth-order valence-electron chi connectivity index (χ4n) is 0.485. The monoisotopic (exact) mass is 414 g/mol. The molecular formula is C10H30O13Si2. The third-order valence-electron chi connectivity index (χ3n) is 2.25. The topological polar surface area (TPSA) is 260 Å². The molecule has 156 valence electrons. The largest absolute Gasteiger partial charge is 0.668 e. The van der Waals surface area contributed by atoms with Gasteiger partial charge in [0.15, 0.2) is 0 Å². The van der Waals surface area contributed by atoms with E-state index in [1.807, 2.05) is 6.92 Å². The number of aliphatic carboxylic acids is 1. The van der Waals surface area contributed by atoms with E-state index in [-0.39, 0.29) is 25.7 Å². The average molecular weight is 415 g/mol. The molecular weight excluding hydrogens is 384 g/mol. The fourth-order valence-corrected chi connectivity index (χ4v) is 0.485. The van der Waals surface area contributed by atoms with E-state index in [1.54, 1.807) is 13.8 Å². The Morgan fingerprint density at radius 3 is 0.960 bits per heavy atom. The zero-order valence-electron chi connectivity index (χ0n) is 14.2. The van der Waals surface area contributed by atoms with Gasteiger partial charge < -0.3 is 58.8 Å². The second-order valence-corrected chi connectivity index (χ2v) is 7.42. The highest BCUT2D eigenvalue weighted by atomic mass is 28.4. The van der Waals surface area contributed by atoms with Gasteiger partial charge in [0, 0.05) is 5.41 Å². The van der Waals surface area contributed by atoms with Crippen LogP contribution in [0.4, 0.5) is 0 Å². The first kappa shape index (κ1) is 32.2. The van der Waals surface area contributed by atoms with E-state index in [2.05, 4.69) is 0 Å². The van der Waals surface area contributed by atoms with Crippen LogP contribution in [0.3, 0.4) is 0 Å². The highest BCUT2D eigenvalue weighted by molar-refractivity contribution is 6.47. The minimum Gasteiger partial charge on any atom is -0.481 e. The van der Waals surface area contributed by atoms with Crippen molar-refractivity contribution in [2.45, 2.75) is 27.2 Å². The van der Waals surface area contributed by atoms with Crippen LogP contribution in [-0.2, 0) is 4.79 Å². The molecule has 0 aliphatic rings. The molecule has 0 bridgehead atoms. The summed E-state index contributed by atoms with van der Waals surface area (Å²) in [6.45, 7) is 4.64. The number of carboxylic acid groups (broad SMARTS) is 1. The van der Waals surface area contributed by atoms with Crippen LogP contribution in [0.2, 0.25) is 0 Å². The molecule has 0 rings (SSSR count). The molecule has 0 aromatic heterocycles. The molecule has 13 nitrogen and oxygen atoms in total. The third kappa shape index (κ3) is 45.2. The second-order valence-electron chi connectivity index (χ2n) is 5.02. The van der Waals surface area contributed by atoms with Gasteiger partial charge in [-0.05, 0) is 6.42 Å². The Kier molecular flexibility index (Phi) is 20.2. The van der Waals surface area contributed by atoms with Gasteiger partial charge in [0.25, 0.3) is 0 Å². The Labute approximate surface area is 146 Å². The highest BCUT2D eigenvalue weighted by Gasteiger charge is 2.25. The number of aliphatic hydroxyl groups is 3. The molecule has 0 unspecified atom stereocenters. The number of carboxylic acids is 1. The smallest absolute Gasteiger partial charge is 0.481 e. The lowest BCUT2D eigenvalue weighted by molar-refractivity contribution is -0.140. The van der Waals surface area contributed by atoms with Gasteiger partial charge >= 0.3 is 24.1 Å². The molecule has 0 saturated heterocycles. The quantitative estimate of drug-likeness (QED) is 0.188. The number of hydrogen-bond donors (Lipinski definition) is 12. The van der Waals surface area contributed by atoms with Crippen molar-refractivity contribution in [1.82, 2.24) is 0 Å². The van der Waals surface area contributed by atoms with Crippen LogP contribution in [-0.4, -0.2) is 103 Å². The third-order valence-corrected chi connectivity index (χ3v) is 2.25. The van der Waals surface area contributed by atoms with Gasteiger partial charge in [0.2, 0.25) is 0 Å². The molecule has 0 spiro atoms. The molecule has 0 aliphatic heterocycles. The molecule has 0 aromatic rings. The van der Waals surface area contributed by atoms with Crippen molar-refractivity contribution in [3.8, 4) is 0 Å². The van der Waals surface area contributed by atoms with Crippen LogP contribution in [0.25, 0.3) is 0 Å². The molecule has 0 aliphatic carbocycles. The SMILES string of the molecule is CC(C)C(=O)O.CCC(CO)(CO)CO.O[Si](O)(O)O.O[Si](O)(O)O. The summed E-state index contributed by atoms with van der Waals surface area (Å²) in [6, 6.07) is 0. The summed E-state index contributed by atoms with van der Waals surface area (Å²) in [7, 11) is -9.22. The Morgan fingerprint density at radius 1 is 0.800 bits per heavy atom. The number of rotatable bonds is 5. The summed E-state index contributed by atoms with van der Waals surface area (Å²) in [4.78, 5) is 68.3. The minimum atomic E-state index is -4.61. The van der Waals surface area contributed by atoms with E-state index in [9.17, 15) is 4.79 Å². The van der Waals surface area contributed by atoms with E-state index in [1.165, 1.54) is 0 Å². The van der Waals surface area contributed by atoms with Gasteiger partial charge in [-0.25, -0.2) is 0 Å². The molecule has 0 aromatic carbocycles. The summed E-state index contributed by atoms with van der Waals surface area (Å²) in [5.74, 6) is -0.972. The zero-order valence-corrected chi connectivity index (χ0v) is 16.2. The van der Waals surface area contributed by atoms with Crippen LogP contribution >= 0.6 is 0 Å². The Bertz CT molecular complexity index is 267. The van der Waals surface area contributed by atoms with Crippen molar-refractivity contribution in [3.63, 3.8) is 0 Å². The van der Waals surface area contributed by atoms with Crippen LogP contribution in [0, 0.1) is 11.3 Å². The highest BCUT2D eigenvalue weighted by Crippen LogP contribution is 2.18. The van der Waals surface area contributed by atoms with Gasteiger partial charge in [-0.3, -0.25) is 4.79 Å². The predicted molar refractivity (Wildman–Crippen MR) is 85.7 cm³/mol. The molecule has 0 amide bonds. The van der Waals surface area contributed by atoms with E-state index >= 15 is 0 Å². The molecule has 0 saturated carbocycles. The van der Waals surface area contributed by atoms with Gasteiger partial charge in [0.05, 0.1) is 25.7 Å². The maximum absolute atomic E-state index is 9.70. The fraction of sp³-hybridized carbons (Fsp3) is 0.900. The van der Waals surface area contributed by atoms with Crippen LogP contribution < -0.4 is 0 Å². The van der Waals surface area contributed by atoms with Crippen molar-refractivity contribution in [3.05, 3.63) is 0 Å². The first-order chi connectivity index (χ1) is 10.9. The maximum Gasteiger partial charge on any atom is 0.668 e. The van der Waals surface area contributed by atoms with Gasteiger partial charge in [0.1, 0.15) is 0 Å². The van der Waals surface area contributed by atoms with E-state index in [4.69, 9.17) is 58.8 Å². The lowest BCUT2D eigenvalue weighted by Gasteiger charge is -2.24. The van der Waals surface area contributed by atoms with Gasteiger partial charge in [-0.2, -0.15) is 0 Å². The molecule has 12 N–H and O–H groups in total. The average Bonchev–Trinajstić information content (AvgIpc) is 2.39. The Hall–Kier alpha value is -0.536. The molecule has 0 heterocycles. The van der Waals surface area contributed by atoms with Crippen molar-refractivity contribution >= 4 is 24.1 Å². The lowest BCUT2D eigenvalue weighted by Crippen LogP contribution is -2.33. The van der Waals surface area contributed by atoms with E-state index in [0.717, 1.165) is 0 Å². The molecule has 15 heteroatoms. The molecule has 0 atom stereocenters. The Morgan fingerprint density at radius 2 is 0.960 bits per heavy atom. The lowest BCUT2D eigenvalue weighted by atomic mass is 9.88. The second kappa shape index (κ2) is 15.7. The first-order valence-corrected chi connectivity index (χ1v) is 10.3. The summed E-state index contributed by atoms with van der Waals surface area (Å²) in [5.41, 5.74) is -0.667. The Balaban J connectivity index is -0.000000122. The van der Waals surface area contributed by atoms with E-state index in [0.29, 0.717) is 6.42 Å². The number of aliphatic hydroxyl groups excluding tert-OH is 3. The first-order valence-electron chi connectivity index (χ1n) is 6.73. The van der Waals surface area contributed by atoms with Crippen LogP contribution in [0.15, 0.2) is 0 Å². The zero-order chi connectivity index (χ0) is 21.5. The van der Waals surface area contributed by atoms with Crippen LogP contribution in [0.5, 0.6) is 0 Å². The molecule has 25 heavy (non-hydrogen) atoms. The summed E-state index contributed by atoms with van der Waals surface area (Å²) < 4.78 is 0. The standard InChI is InChI=1S/C6H14O3.C4H8O2.2H4O4Si/c1-2-6(3-7,4-8)5-9;1-3(2)4(5)6;2*1-5(2,3)4/h7-9H,2-5H2,1H3;3H,1-2H3,(H,5,6);2*1-4H. The molecule has 0 fully saturated rings.